The van der Waals surface area contributed by atoms with Crippen LogP contribution in [0.25, 0.3) is 0 Å². The zero-order valence-corrected chi connectivity index (χ0v) is 8.77. The lowest BCUT2D eigenvalue weighted by molar-refractivity contribution is -0.185. The molecule has 1 N–H and O–H groups in total. The molecule has 0 spiro atoms. The minimum atomic E-state index is -4.52. The zero-order chi connectivity index (χ0) is 12.0. The van der Waals surface area contributed by atoms with Crippen LogP contribution in [0.3, 0.4) is 0 Å². The van der Waals surface area contributed by atoms with E-state index in [0.29, 0.717) is 0 Å². The zero-order valence-electron chi connectivity index (χ0n) is 8.01. The highest BCUT2D eigenvalue weighted by atomic mass is 35.5. The van der Waals surface area contributed by atoms with Gasteiger partial charge in [0.25, 0.3) is 0 Å². The summed E-state index contributed by atoms with van der Waals surface area (Å²) in [7, 11) is 0. The lowest BCUT2D eigenvalue weighted by Crippen LogP contribution is -2.46. The van der Waals surface area contributed by atoms with E-state index in [0.717, 1.165) is 6.07 Å². The highest BCUT2D eigenvalue weighted by molar-refractivity contribution is 6.32. The predicted molar refractivity (Wildman–Crippen MR) is 51.2 cm³/mol. The predicted octanol–water partition coefficient (Wildman–Crippen LogP) is 2.58. The van der Waals surface area contributed by atoms with Gasteiger partial charge in [0.2, 0.25) is 0 Å². The van der Waals surface area contributed by atoms with Crippen molar-refractivity contribution < 1.29 is 23.0 Å². The number of benzene rings is 1. The highest BCUT2D eigenvalue weighted by Gasteiger charge is 2.42. The van der Waals surface area contributed by atoms with Crippen LogP contribution in [-0.2, 0) is 16.5 Å². The van der Waals surface area contributed by atoms with Crippen LogP contribution in [0.15, 0.2) is 18.2 Å². The summed E-state index contributed by atoms with van der Waals surface area (Å²) in [6.07, 6.45) is -4.52. The van der Waals surface area contributed by atoms with Crippen LogP contribution < -0.4 is 0 Å². The smallest absolute Gasteiger partial charge is 0.380 e. The molecule has 1 aromatic rings. The number of ether oxygens (including phenoxy) is 1. The first kappa shape index (κ1) is 11.7. The molecule has 0 unspecified atom stereocenters. The topological polar surface area (TPSA) is 29.5 Å². The van der Waals surface area contributed by atoms with Gasteiger partial charge in [-0.15, -0.1) is 0 Å². The standard InChI is InChI=1S/C10H8ClF3O2/c11-8-6(9(15)4-16-5-9)2-1-3-7(8)10(12,13)14/h1-3,15H,4-5H2. The molecule has 0 atom stereocenters. The first-order chi connectivity index (χ1) is 7.34. The van der Waals surface area contributed by atoms with Gasteiger partial charge >= 0.3 is 6.18 Å². The van der Waals surface area contributed by atoms with Crippen LogP contribution in [0.4, 0.5) is 13.2 Å². The lowest BCUT2D eigenvalue weighted by Gasteiger charge is -2.37. The maximum Gasteiger partial charge on any atom is 0.417 e. The summed E-state index contributed by atoms with van der Waals surface area (Å²) in [5.41, 5.74) is -2.26. The Morgan fingerprint density at radius 1 is 1.31 bits per heavy atom. The summed E-state index contributed by atoms with van der Waals surface area (Å²) < 4.78 is 42.4. The minimum Gasteiger partial charge on any atom is -0.380 e. The average Bonchev–Trinajstić information content (AvgIpc) is 2.13. The molecule has 1 aromatic carbocycles. The van der Waals surface area contributed by atoms with Crippen molar-refractivity contribution in [3.05, 3.63) is 34.3 Å². The van der Waals surface area contributed by atoms with Crippen LogP contribution in [0.5, 0.6) is 0 Å². The summed E-state index contributed by atoms with van der Waals surface area (Å²) in [6.45, 7) is -0.0674. The summed E-state index contributed by atoms with van der Waals surface area (Å²) in [4.78, 5) is 0. The van der Waals surface area contributed by atoms with Gasteiger partial charge in [-0.1, -0.05) is 23.7 Å². The Hall–Kier alpha value is -0.780. The number of alkyl halides is 3. The van der Waals surface area contributed by atoms with E-state index in [1.807, 2.05) is 0 Å². The summed E-state index contributed by atoms with van der Waals surface area (Å²) in [5, 5.41) is 9.42. The number of halogens is 4. The van der Waals surface area contributed by atoms with Crippen LogP contribution in [0, 0.1) is 0 Å². The highest BCUT2D eigenvalue weighted by Crippen LogP contribution is 2.41. The molecule has 88 valence electrons. The minimum absolute atomic E-state index is 0.0337. The first-order valence-electron chi connectivity index (χ1n) is 4.51. The Bertz CT molecular complexity index is 413. The van der Waals surface area contributed by atoms with E-state index < -0.39 is 22.4 Å². The molecule has 0 aromatic heterocycles. The van der Waals surface area contributed by atoms with Crippen molar-refractivity contribution in [2.45, 2.75) is 11.8 Å². The van der Waals surface area contributed by atoms with Crippen molar-refractivity contribution in [3.63, 3.8) is 0 Å². The largest absolute Gasteiger partial charge is 0.417 e. The third-order valence-corrected chi connectivity index (χ3v) is 2.89. The van der Waals surface area contributed by atoms with Crippen molar-refractivity contribution in [2.24, 2.45) is 0 Å². The SMILES string of the molecule is OC1(c2cccc(C(F)(F)F)c2Cl)COC1. The molecule has 16 heavy (non-hydrogen) atoms. The van der Waals surface area contributed by atoms with Crippen molar-refractivity contribution >= 4 is 11.6 Å². The van der Waals surface area contributed by atoms with E-state index in [1.165, 1.54) is 12.1 Å². The Morgan fingerprint density at radius 2 is 1.94 bits per heavy atom. The normalized spacial score (nSPS) is 19.3. The van der Waals surface area contributed by atoms with Crippen LogP contribution in [-0.4, -0.2) is 18.3 Å². The van der Waals surface area contributed by atoms with E-state index in [1.54, 1.807) is 0 Å². The molecule has 2 rings (SSSR count). The summed E-state index contributed by atoms with van der Waals surface area (Å²) in [5.74, 6) is 0. The number of hydrogen-bond donors (Lipinski definition) is 1. The Balaban J connectivity index is 2.49. The Labute approximate surface area is 94.6 Å². The fourth-order valence-corrected chi connectivity index (χ4v) is 1.97. The molecule has 1 heterocycles. The van der Waals surface area contributed by atoms with Gasteiger partial charge in [0.1, 0.15) is 5.60 Å². The average molecular weight is 253 g/mol. The second-order valence-corrected chi connectivity index (χ2v) is 4.07. The number of aliphatic hydroxyl groups is 1. The van der Waals surface area contributed by atoms with Gasteiger partial charge in [-0.3, -0.25) is 0 Å². The molecule has 1 aliphatic rings. The van der Waals surface area contributed by atoms with Gasteiger partial charge in [-0.2, -0.15) is 13.2 Å². The molecule has 6 heteroatoms. The molecule has 1 saturated heterocycles. The van der Waals surface area contributed by atoms with E-state index >= 15 is 0 Å². The quantitative estimate of drug-likeness (QED) is 0.832. The molecule has 0 amide bonds. The monoisotopic (exact) mass is 252 g/mol. The molecule has 1 aliphatic heterocycles. The second-order valence-electron chi connectivity index (χ2n) is 3.69. The summed E-state index contributed by atoms with van der Waals surface area (Å²) >= 11 is 5.66. The fraction of sp³-hybridized carbons (Fsp3) is 0.400. The molecule has 0 radical (unpaired) electrons. The van der Waals surface area contributed by atoms with Gasteiger partial charge in [0.05, 0.1) is 23.8 Å². The Kier molecular flexibility index (Phi) is 2.64. The van der Waals surface area contributed by atoms with Gasteiger partial charge in [-0.05, 0) is 6.07 Å². The van der Waals surface area contributed by atoms with E-state index in [-0.39, 0.29) is 18.8 Å². The fourth-order valence-electron chi connectivity index (χ4n) is 1.56. The molecule has 0 bridgehead atoms. The second kappa shape index (κ2) is 3.61. The Morgan fingerprint density at radius 3 is 2.38 bits per heavy atom. The van der Waals surface area contributed by atoms with E-state index in [4.69, 9.17) is 16.3 Å². The molecule has 0 saturated carbocycles. The molecule has 0 aliphatic carbocycles. The van der Waals surface area contributed by atoms with E-state index in [2.05, 4.69) is 0 Å². The van der Waals surface area contributed by atoms with Gasteiger partial charge in [0.15, 0.2) is 0 Å². The van der Waals surface area contributed by atoms with Crippen LogP contribution in [0.1, 0.15) is 11.1 Å². The number of hydrogen-bond acceptors (Lipinski definition) is 2. The maximum absolute atomic E-state index is 12.5. The van der Waals surface area contributed by atoms with Gasteiger partial charge < -0.3 is 9.84 Å². The maximum atomic E-state index is 12.5. The van der Waals surface area contributed by atoms with E-state index in [9.17, 15) is 18.3 Å². The van der Waals surface area contributed by atoms with Crippen LogP contribution >= 0.6 is 11.6 Å². The van der Waals surface area contributed by atoms with Crippen molar-refractivity contribution in [2.75, 3.05) is 13.2 Å². The molecule has 2 nitrogen and oxygen atoms in total. The van der Waals surface area contributed by atoms with Crippen molar-refractivity contribution in [1.82, 2.24) is 0 Å². The molecular weight excluding hydrogens is 245 g/mol. The third kappa shape index (κ3) is 1.79. The van der Waals surface area contributed by atoms with Gasteiger partial charge in [-0.25, -0.2) is 0 Å². The molecule has 1 fully saturated rings. The lowest BCUT2D eigenvalue weighted by atomic mass is 9.90. The third-order valence-electron chi connectivity index (χ3n) is 2.49. The number of rotatable bonds is 1. The summed E-state index contributed by atoms with van der Waals surface area (Å²) in [6, 6.07) is 3.48. The van der Waals surface area contributed by atoms with Crippen molar-refractivity contribution in [1.29, 1.82) is 0 Å². The van der Waals surface area contributed by atoms with Gasteiger partial charge in [0, 0.05) is 5.56 Å². The first-order valence-corrected chi connectivity index (χ1v) is 4.89. The molecular formula is C10H8ClF3O2. The van der Waals surface area contributed by atoms with Crippen molar-refractivity contribution in [3.8, 4) is 0 Å². The van der Waals surface area contributed by atoms with Crippen LogP contribution in [0.2, 0.25) is 5.02 Å².